The number of benzene rings is 3. The molecule has 0 aliphatic rings. The van der Waals surface area contributed by atoms with Crippen molar-refractivity contribution in [2.24, 2.45) is 5.92 Å². The maximum absolute atomic E-state index is 12.9. The fraction of sp³-hybridized carbons (Fsp3) is 0.259. The van der Waals surface area contributed by atoms with Gasteiger partial charge in [0.15, 0.2) is 0 Å². The van der Waals surface area contributed by atoms with E-state index in [2.05, 4.69) is 10.6 Å². The third-order valence-electron chi connectivity index (χ3n) is 5.09. The number of amides is 2. The molecule has 3 aromatic rings. The van der Waals surface area contributed by atoms with Crippen molar-refractivity contribution in [2.45, 2.75) is 39.8 Å². The molecule has 0 spiro atoms. The molecule has 0 saturated carbocycles. The highest BCUT2D eigenvalue weighted by molar-refractivity contribution is 6.01. The first-order valence-corrected chi connectivity index (χ1v) is 10.9. The van der Waals surface area contributed by atoms with E-state index >= 15 is 0 Å². The number of hydrogen-bond donors (Lipinski definition) is 2. The van der Waals surface area contributed by atoms with Crippen molar-refractivity contribution in [1.29, 1.82) is 0 Å². The van der Waals surface area contributed by atoms with Crippen molar-refractivity contribution in [2.75, 3.05) is 5.32 Å². The van der Waals surface area contributed by atoms with Crippen molar-refractivity contribution < 1.29 is 14.3 Å². The third-order valence-corrected chi connectivity index (χ3v) is 5.09. The summed E-state index contributed by atoms with van der Waals surface area (Å²) in [4.78, 5) is 25.7. The molecule has 3 aromatic carbocycles. The lowest BCUT2D eigenvalue weighted by molar-refractivity contribution is -0.118. The number of carbonyl (C=O) groups excluding carboxylic acids is 2. The second-order valence-electron chi connectivity index (χ2n) is 8.26. The topological polar surface area (TPSA) is 67.4 Å². The van der Waals surface area contributed by atoms with Gasteiger partial charge < -0.3 is 15.4 Å². The van der Waals surface area contributed by atoms with Gasteiger partial charge in [-0.2, -0.15) is 0 Å². The van der Waals surface area contributed by atoms with E-state index in [-0.39, 0.29) is 17.7 Å². The molecule has 0 bridgehead atoms. The zero-order valence-corrected chi connectivity index (χ0v) is 18.8. The Morgan fingerprint density at radius 1 is 0.875 bits per heavy atom. The van der Waals surface area contributed by atoms with Gasteiger partial charge in [0.1, 0.15) is 18.4 Å². The SMILES string of the molecule is Cc1ccccc1C(=O)N[C@H](CC(C)C)C(=O)Nc1ccc(OCc2ccccc2)cc1. The number of anilines is 1. The Balaban J connectivity index is 1.61. The maximum Gasteiger partial charge on any atom is 0.252 e. The van der Waals surface area contributed by atoms with Gasteiger partial charge in [0.25, 0.3) is 5.91 Å². The molecular weight excluding hydrogens is 400 g/mol. The van der Waals surface area contributed by atoms with E-state index in [0.29, 0.717) is 24.3 Å². The predicted molar refractivity (Wildman–Crippen MR) is 128 cm³/mol. The molecule has 2 amide bonds. The van der Waals surface area contributed by atoms with Gasteiger partial charge in [-0.3, -0.25) is 9.59 Å². The second kappa shape index (κ2) is 11.1. The molecule has 0 aliphatic carbocycles. The van der Waals surface area contributed by atoms with Crippen molar-refractivity contribution in [3.8, 4) is 5.75 Å². The number of hydrogen-bond acceptors (Lipinski definition) is 3. The molecule has 32 heavy (non-hydrogen) atoms. The molecule has 2 N–H and O–H groups in total. The normalized spacial score (nSPS) is 11.6. The minimum absolute atomic E-state index is 0.237. The van der Waals surface area contributed by atoms with Crippen LogP contribution in [0.25, 0.3) is 0 Å². The maximum atomic E-state index is 12.9. The van der Waals surface area contributed by atoms with Gasteiger partial charge in [0.05, 0.1) is 0 Å². The smallest absolute Gasteiger partial charge is 0.252 e. The van der Waals surface area contributed by atoms with E-state index in [1.807, 2.05) is 81.4 Å². The lowest BCUT2D eigenvalue weighted by atomic mass is 10.0. The van der Waals surface area contributed by atoms with Crippen LogP contribution < -0.4 is 15.4 Å². The Labute approximate surface area is 189 Å². The van der Waals surface area contributed by atoms with E-state index in [1.165, 1.54) is 0 Å². The van der Waals surface area contributed by atoms with Crippen LogP contribution in [0.4, 0.5) is 5.69 Å². The summed E-state index contributed by atoms with van der Waals surface area (Å²) in [6.07, 6.45) is 0.543. The summed E-state index contributed by atoms with van der Waals surface area (Å²) in [5.41, 5.74) is 3.19. The molecule has 0 saturated heterocycles. The molecular formula is C27H30N2O3. The molecule has 0 aliphatic heterocycles. The number of carbonyl (C=O) groups is 2. The molecule has 5 heteroatoms. The zero-order chi connectivity index (χ0) is 22.9. The quantitative estimate of drug-likeness (QED) is 0.480. The van der Waals surface area contributed by atoms with Crippen LogP contribution in [0.5, 0.6) is 5.75 Å². The summed E-state index contributed by atoms with van der Waals surface area (Å²) < 4.78 is 5.80. The van der Waals surface area contributed by atoms with Crippen LogP contribution in [0.15, 0.2) is 78.9 Å². The molecule has 0 heterocycles. The lowest BCUT2D eigenvalue weighted by Gasteiger charge is -2.21. The first kappa shape index (κ1) is 23.1. The molecule has 0 unspecified atom stereocenters. The van der Waals surface area contributed by atoms with E-state index in [0.717, 1.165) is 16.9 Å². The first-order valence-electron chi connectivity index (χ1n) is 10.9. The number of rotatable bonds is 9. The summed E-state index contributed by atoms with van der Waals surface area (Å²) in [5, 5.41) is 5.81. The van der Waals surface area contributed by atoms with E-state index in [4.69, 9.17) is 4.74 Å². The van der Waals surface area contributed by atoms with Crippen LogP contribution in [0.2, 0.25) is 0 Å². The Morgan fingerprint density at radius 3 is 2.19 bits per heavy atom. The molecule has 0 aromatic heterocycles. The zero-order valence-electron chi connectivity index (χ0n) is 18.8. The van der Waals surface area contributed by atoms with Crippen LogP contribution in [-0.2, 0) is 11.4 Å². The van der Waals surface area contributed by atoms with Crippen LogP contribution in [0, 0.1) is 12.8 Å². The van der Waals surface area contributed by atoms with Crippen molar-refractivity contribution in [3.05, 3.63) is 95.6 Å². The highest BCUT2D eigenvalue weighted by atomic mass is 16.5. The minimum Gasteiger partial charge on any atom is -0.489 e. The van der Waals surface area contributed by atoms with E-state index in [1.54, 1.807) is 18.2 Å². The Hall–Kier alpha value is -3.60. The van der Waals surface area contributed by atoms with Crippen LogP contribution in [-0.4, -0.2) is 17.9 Å². The highest BCUT2D eigenvalue weighted by Crippen LogP contribution is 2.18. The van der Waals surface area contributed by atoms with E-state index < -0.39 is 6.04 Å². The standard InChI is InChI=1S/C27H30N2O3/c1-19(2)17-25(29-26(30)24-12-8-7-9-20(24)3)27(31)28-22-13-15-23(16-14-22)32-18-21-10-5-4-6-11-21/h4-16,19,25H,17-18H2,1-3H3,(H,28,31)(H,29,30)/t25-/m1/s1. The fourth-order valence-corrected chi connectivity index (χ4v) is 3.37. The van der Waals surface area contributed by atoms with Crippen molar-refractivity contribution in [3.63, 3.8) is 0 Å². The largest absolute Gasteiger partial charge is 0.489 e. The molecule has 5 nitrogen and oxygen atoms in total. The third kappa shape index (κ3) is 6.71. The van der Waals surface area contributed by atoms with Gasteiger partial charge in [-0.1, -0.05) is 62.4 Å². The molecule has 166 valence electrons. The summed E-state index contributed by atoms with van der Waals surface area (Å²) >= 11 is 0. The second-order valence-corrected chi connectivity index (χ2v) is 8.26. The average molecular weight is 431 g/mol. The Morgan fingerprint density at radius 2 is 1.53 bits per heavy atom. The molecule has 0 radical (unpaired) electrons. The summed E-state index contributed by atoms with van der Waals surface area (Å²) in [6, 6.07) is 23.9. The van der Waals surface area contributed by atoms with Gasteiger partial charge in [-0.15, -0.1) is 0 Å². The van der Waals surface area contributed by atoms with Gasteiger partial charge >= 0.3 is 0 Å². The fourth-order valence-electron chi connectivity index (χ4n) is 3.37. The number of ether oxygens (including phenoxy) is 1. The van der Waals surface area contributed by atoms with Gasteiger partial charge in [0, 0.05) is 11.3 Å². The predicted octanol–water partition coefficient (Wildman–Crippen LogP) is 5.36. The van der Waals surface area contributed by atoms with Gasteiger partial charge in [0.2, 0.25) is 5.91 Å². The van der Waals surface area contributed by atoms with Crippen LogP contribution >= 0.6 is 0 Å². The molecule has 1 atom stereocenters. The first-order chi connectivity index (χ1) is 15.4. The van der Waals surface area contributed by atoms with Crippen molar-refractivity contribution in [1.82, 2.24) is 5.32 Å². The van der Waals surface area contributed by atoms with Crippen LogP contribution in [0.3, 0.4) is 0 Å². The lowest BCUT2D eigenvalue weighted by Crippen LogP contribution is -2.44. The monoisotopic (exact) mass is 430 g/mol. The number of aryl methyl sites for hydroxylation is 1. The van der Waals surface area contributed by atoms with Gasteiger partial charge in [-0.05, 0) is 60.7 Å². The highest BCUT2D eigenvalue weighted by Gasteiger charge is 2.23. The summed E-state index contributed by atoms with van der Waals surface area (Å²) in [5.74, 6) is 0.488. The van der Waals surface area contributed by atoms with E-state index in [9.17, 15) is 9.59 Å². The number of nitrogens with one attached hydrogen (secondary N) is 2. The Kier molecular flexibility index (Phi) is 8.03. The van der Waals surface area contributed by atoms with Gasteiger partial charge in [-0.25, -0.2) is 0 Å². The summed E-state index contributed by atoms with van der Waals surface area (Å²) in [7, 11) is 0. The van der Waals surface area contributed by atoms with Crippen molar-refractivity contribution >= 4 is 17.5 Å². The van der Waals surface area contributed by atoms with Crippen LogP contribution in [0.1, 0.15) is 41.8 Å². The Bertz CT molecular complexity index is 1030. The average Bonchev–Trinajstić information content (AvgIpc) is 2.79. The summed E-state index contributed by atoms with van der Waals surface area (Å²) in [6.45, 7) is 6.42. The molecule has 3 rings (SSSR count). The minimum atomic E-state index is -0.629. The molecule has 0 fully saturated rings.